The molecule has 0 bridgehead atoms. The number of benzene rings is 6. The second kappa shape index (κ2) is 43.7. The highest BCUT2D eigenvalue weighted by Gasteiger charge is 2.29. The van der Waals surface area contributed by atoms with Crippen LogP contribution in [0.4, 0.5) is 28.8 Å². The lowest BCUT2D eigenvalue weighted by molar-refractivity contribution is 0.176. The number of nitrogens with one attached hydrogen (secondary N) is 12. The first kappa shape index (κ1) is 44.9. The maximum Gasteiger partial charge on any atom is 0.407 e. The Morgan fingerprint density at radius 2 is 0.643 bits per heavy atom. The van der Waals surface area contributed by atoms with E-state index in [1.54, 1.807) is 18.2 Å². The number of amides is 6. The number of aromatic nitrogens is 6. The first-order valence-corrected chi connectivity index (χ1v) is 38.9. The Hall–Kier alpha value is -12.1. The fraction of sp³-hybridized carbons (Fsp3) is 0.438. The van der Waals surface area contributed by atoms with Crippen molar-refractivity contribution in [3.05, 3.63) is 213 Å². The van der Waals surface area contributed by atoms with Gasteiger partial charge in [0.15, 0.2) is 8.47 Å². The average molecular weight is 1780 g/mol. The van der Waals surface area contributed by atoms with Crippen LogP contribution in [0.5, 0.6) is 0 Å². The highest BCUT2D eigenvalue weighted by molar-refractivity contribution is 5.88. The van der Waals surface area contributed by atoms with Gasteiger partial charge in [-0.15, -0.1) is 0 Å². The number of rotatable bonds is 30. The van der Waals surface area contributed by atoms with Gasteiger partial charge in [0.2, 0.25) is 0 Å². The number of cyclic esters (lactones) is 6. The van der Waals surface area contributed by atoms with Crippen molar-refractivity contribution in [2.24, 2.45) is 0 Å². The molecule has 0 saturated carbocycles. The van der Waals surface area contributed by atoms with Gasteiger partial charge in [-0.05, 0) is 300 Å². The summed E-state index contributed by atoms with van der Waals surface area (Å²) in [6.07, 6.45) is -11.0. The predicted molar refractivity (Wildman–Crippen MR) is 495 cm³/mol. The van der Waals surface area contributed by atoms with Crippen molar-refractivity contribution in [1.29, 1.82) is 0 Å². The summed E-state index contributed by atoms with van der Waals surface area (Å²) in [6.45, 7) is -28.4. The Balaban J connectivity index is 0.000000177. The fourth-order valence-corrected chi connectivity index (χ4v) is 13.0. The van der Waals surface area contributed by atoms with Gasteiger partial charge < -0.3 is 120 Å². The minimum Gasteiger partial charge on any atom is -0.447 e. The molecule has 30 nitrogen and oxygen atoms in total. The van der Waals surface area contributed by atoms with E-state index in [2.05, 4.69) is 45.3 Å². The number of carbonyl (C=O) groups excluding carboxylic acids is 6. The number of likely N-dealkylation sites (N-methyl/N-ethyl adjacent to an activating group) is 6. The molecule has 0 radical (unpaired) electrons. The molecule has 30 heteroatoms. The van der Waals surface area contributed by atoms with E-state index in [0.717, 1.165) is 86.9 Å². The molecule has 6 saturated heterocycles. The van der Waals surface area contributed by atoms with E-state index < -0.39 is 284 Å². The van der Waals surface area contributed by atoms with Crippen molar-refractivity contribution in [2.75, 3.05) is 163 Å². The van der Waals surface area contributed by atoms with Gasteiger partial charge in [-0.1, -0.05) is 36.3 Å². The zero-order chi connectivity index (χ0) is 136. The minimum atomic E-state index is -3.79. The van der Waals surface area contributed by atoms with Crippen LogP contribution in [0.25, 0.3) is 65.4 Å². The standard InChI is InChI=1S/6C16H21N3O2/c6*1-19(2)6-5-12-9-17-15-4-3-11(8-14(12)15)7-13-10-21-16(20)18-13/h6*3-4,8-9,13,17H,5-7,10H2,1-2H3,(H,18,20)/t6*13-/m000000/s1/i1D3,2D3,3D,4D,5D2,6D2,8D,13D;1D3,3D,4D,5D2,6D2,8D,13D;3D,4D,5D2,6D2,8D,13D;1D3,2D3,9D,13D;1D3,9D,13D;9D,13D/hD6. The Morgan fingerprint density at radius 1 is 0.341 bits per heavy atom. The third-order valence-electron chi connectivity index (χ3n) is 18.9. The molecule has 0 unspecified atom stereocenters. The molecule has 6 amide bonds. The predicted octanol–water partition coefficient (Wildman–Crippen LogP) is 11.5. The lowest BCUT2D eigenvalue weighted by Crippen LogP contribution is -2.28. The molecule has 6 aromatic carbocycles. The second-order valence-corrected chi connectivity index (χ2v) is 29.4. The number of alkyl carbamates (subject to hydrolysis) is 6. The van der Waals surface area contributed by atoms with Crippen LogP contribution >= 0.6 is 0 Å². The van der Waals surface area contributed by atoms with Crippen molar-refractivity contribution in [3.63, 3.8) is 0 Å². The topological polar surface area (TPSA) is 344 Å². The van der Waals surface area contributed by atoms with E-state index in [0.29, 0.717) is 68.1 Å². The Labute approximate surface area is 812 Å². The number of nitrogens with zero attached hydrogens (tertiary/aromatic N) is 6. The van der Waals surface area contributed by atoms with Crippen molar-refractivity contribution in [2.45, 2.75) is 113 Å². The van der Waals surface area contributed by atoms with Crippen LogP contribution in [0.15, 0.2) is 146 Å². The fourth-order valence-electron chi connectivity index (χ4n) is 13.0. The molecular formula is C96H126N18O12. The third kappa shape index (κ3) is 26.5. The molecule has 0 spiro atoms. The number of hydrogen-bond donors (Lipinski definition) is 12. The second-order valence-electron chi connectivity index (χ2n) is 29.4. The molecule has 12 aromatic rings. The molecule has 6 aromatic heterocycles. The number of carbonyl (C=O) groups is 6. The summed E-state index contributed by atoms with van der Waals surface area (Å²) in [7, 11) is 9.09. The Kier molecular flexibility index (Phi) is 15.6. The van der Waals surface area contributed by atoms with Crippen LogP contribution in [0.1, 0.15) is 133 Å². The summed E-state index contributed by atoms with van der Waals surface area (Å²) in [5.74, 6) is 0. The lowest BCUT2D eigenvalue weighted by Gasteiger charge is -2.09. The zero-order valence-electron chi connectivity index (χ0n) is 123. The molecule has 12 N–H and O–H groups in total. The monoisotopic (exact) mass is 1780 g/mol. The molecule has 6 aliphatic rings. The number of H-pyrrole nitrogens is 6. The maximum atomic E-state index is 11.6. The molecule has 6 fully saturated rings. The molecule has 672 valence electrons. The van der Waals surface area contributed by atoms with E-state index in [1.165, 1.54) is 26.0 Å². The van der Waals surface area contributed by atoms with Crippen LogP contribution in [0.2, 0.25) is 8.47 Å². The van der Waals surface area contributed by atoms with Crippen LogP contribution in [-0.2, 0) is 105 Å². The SMILES string of the molecule is [2H]c1[nH]c2ccc(C[C@@]3([2H])COC(=O)N3)cc2c1CCN(C([2H])([2H])[2H])C([2H])([2H])[2H].[2H]c1[nH]c2ccc(C[C@@]3([2H])COC(=O)N3)cc2c1CCN(C)C.[2H]c1[nH]c2ccc(C[C@@]3([2H])COC(=O)N3)cc2c1CCN(C)C([2H])([2H])[2H].[2H]c1c(C[C@@]2([2H])COC(=O)N2[2H])c([2H])c2c(C([2H])([2H])C([2H])([2H])N(C([2H])([2H])[2H])C([2H])([2H])[2H])cn([2H])c2c1[2H].[2H]c1c(C[C@@]2([2H])COC(=O)N2[2H])c([2H])c2c(C([2H])([2H])C([2H])([2H])N(C)C([2H])([2H])[2H])cn([2H])c2c1[2H].[2H]c1c(C[C@@]2([2H])COC(=O)N2[2H])c([2H])c2c(C([2H])([2H])C([2H])([2H])N(C)C)cn([2H])c2c1[2H]. The van der Waals surface area contributed by atoms with Gasteiger partial charge in [0.1, 0.15) is 39.6 Å². The molecule has 6 aliphatic heterocycles. The van der Waals surface area contributed by atoms with E-state index in [9.17, 15) is 28.8 Å². The van der Waals surface area contributed by atoms with Crippen LogP contribution in [0, 0.1) is 0 Å². The number of ether oxygens (including phenoxy) is 6. The molecule has 126 heavy (non-hydrogen) atoms. The summed E-state index contributed by atoms with van der Waals surface area (Å²) in [6, 6.07) is 1.54. The number of aryl methyl sites for hydroxylation is 3. The van der Waals surface area contributed by atoms with Crippen molar-refractivity contribution in [3.8, 4) is 0 Å². The van der Waals surface area contributed by atoms with Crippen molar-refractivity contribution in [1.82, 2.24) is 91.2 Å². The van der Waals surface area contributed by atoms with Crippen LogP contribution in [-0.4, -0.2) is 295 Å². The van der Waals surface area contributed by atoms with E-state index in [1.807, 2.05) is 50.5 Å². The molecule has 6 atom stereocenters. The number of aromatic amines is 6. The molecule has 0 aliphatic carbocycles. The van der Waals surface area contributed by atoms with E-state index in [-0.39, 0.29) is 112 Å². The number of fused-ring (bicyclic) bond motifs is 6. The zero-order valence-corrected chi connectivity index (χ0v) is 68.9. The highest BCUT2D eigenvalue weighted by atomic mass is 16.6. The first-order chi connectivity index (χ1) is 82.1. The smallest absolute Gasteiger partial charge is 0.407 e. The summed E-state index contributed by atoms with van der Waals surface area (Å²) < 4.78 is 460. The van der Waals surface area contributed by atoms with Gasteiger partial charge in [-0.3, -0.25) is 0 Å². The largest absolute Gasteiger partial charge is 0.447 e. The first-order valence-electron chi connectivity index (χ1n) is 65.6. The minimum absolute atomic E-state index is 0.0169. The average Bonchev–Trinajstić information content (AvgIpc) is 1.59. The van der Waals surface area contributed by atoms with E-state index >= 15 is 0 Å². The Morgan fingerprint density at radius 3 is 0.944 bits per heavy atom. The van der Waals surface area contributed by atoms with Crippen LogP contribution < -0.4 is 31.9 Å². The van der Waals surface area contributed by atoms with Gasteiger partial charge >= 0.3 is 36.6 Å². The Bertz CT molecular complexity index is 8420. The summed E-state index contributed by atoms with van der Waals surface area (Å²) in [5.41, 5.74) is 3.22. The van der Waals surface area contributed by atoms with Crippen molar-refractivity contribution < 1.29 is 131 Å². The van der Waals surface area contributed by atoms with Crippen molar-refractivity contribution >= 4 is 102 Å². The summed E-state index contributed by atoms with van der Waals surface area (Å²) in [4.78, 5) is 83.3. The normalized spacial score (nSPS) is 29.5. The summed E-state index contributed by atoms with van der Waals surface area (Å²) in [5, 5.41) is 9.41. The van der Waals surface area contributed by atoms with Crippen LogP contribution in [0.3, 0.4) is 0 Å². The molecule has 18 rings (SSSR count). The molecular weight excluding hydrogens is 1600 g/mol. The third-order valence-corrected chi connectivity index (χ3v) is 18.9. The molecule has 12 heterocycles. The number of hydrogen-bond acceptors (Lipinski definition) is 18. The highest BCUT2D eigenvalue weighted by Crippen LogP contribution is 2.29. The van der Waals surface area contributed by atoms with Gasteiger partial charge in [0.05, 0.1) is 60.8 Å². The van der Waals surface area contributed by atoms with Gasteiger partial charge in [-0.2, -0.15) is 0 Å². The van der Waals surface area contributed by atoms with E-state index in [4.69, 9.17) is 93.2 Å². The summed E-state index contributed by atoms with van der Waals surface area (Å²) >= 11 is 0. The quantitative estimate of drug-likeness (QED) is 0.0186. The maximum absolute atomic E-state index is 11.6. The van der Waals surface area contributed by atoms with Gasteiger partial charge in [0, 0.05) is 183 Å². The van der Waals surface area contributed by atoms with Gasteiger partial charge in [-0.25, -0.2) is 28.8 Å². The van der Waals surface area contributed by atoms with Gasteiger partial charge in [0.25, 0.3) is 0 Å². The lowest BCUT2D eigenvalue weighted by atomic mass is 10.0.